The molecule has 3 rings (SSSR count). The van der Waals surface area contributed by atoms with Crippen LogP contribution in [0, 0.1) is 18.6 Å². The number of rotatable bonds is 2. The highest BCUT2D eigenvalue weighted by Gasteiger charge is 2.21. The number of carboxylic acids is 1. The predicted molar refractivity (Wildman–Crippen MR) is 81.2 cm³/mol. The first kappa shape index (κ1) is 14.9. The zero-order valence-electron chi connectivity index (χ0n) is 12.0. The Morgan fingerprint density at radius 3 is 2.48 bits per heavy atom. The van der Waals surface area contributed by atoms with Gasteiger partial charge in [-0.25, -0.2) is 13.6 Å². The molecule has 0 atom stereocenters. The van der Waals surface area contributed by atoms with Gasteiger partial charge in [-0.05, 0) is 31.2 Å². The Kier molecular flexibility index (Phi) is 3.44. The van der Waals surface area contributed by atoms with Crippen molar-refractivity contribution in [2.24, 2.45) is 0 Å². The molecule has 3 aromatic rings. The number of carboxylic acid groups (broad SMARTS) is 1. The van der Waals surface area contributed by atoms with Gasteiger partial charge < -0.3 is 5.11 Å². The second-order valence-electron chi connectivity index (χ2n) is 5.05. The lowest BCUT2D eigenvalue weighted by Crippen LogP contribution is -2.25. The summed E-state index contributed by atoms with van der Waals surface area (Å²) in [6, 6.07) is 8.94. The van der Waals surface area contributed by atoms with E-state index in [0.717, 1.165) is 16.7 Å². The summed E-state index contributed by atoms with van der Waals surface area (Å²) in [6.07, 6.45) is 0. The monoisotopic (exact) mass is 315 g/mol. The van der Waals surface area contributed by atoms with Crippen LogP contribution >= 0.6 is 0 Å². The van der Waals surface area contributed by atoms with Crippen LogP contribution in [0.25, 0.3) is 16.5 Å². The fourth-order valence-electron chi connectivity index (χ4n) is 2.72. The van der Waals surface area contributed by atoms with Gasteiger partial charge in [0.2, 0.25) is 0 Å². The average Bonchev–Trinajstić information content (AvgIpc) is 2.46. The highest BCUT2D eigenvalue weighted by Crippen LogP contribution is 2.24. The number of hydrogen-bond donors (Lipinski definition) is 1. The molecule has 0 radical (unpaired) electrons. The third-order valence-corrected chi connectivity index (χ3v) is 3.68. The van der Waals surface area contributed by atoms with E-state index in [-0.39, 0.29) is 27.7 Å². The Balaban J connectivity index is 2.56. The lowest BCUT2D eigenvalue weighted by atomic mass is 10.0. The molecule has 0 aliphatic heterocycles. The first-order valence-electron chi connectivity index (χ1n) is 6.75. The van der Waals surface area contributed by atoms with E-state index in [1.807, 2.05) is 0 Å². The van der Waals surface area contributed by atoms with Crippen LogP contribution in [0.5, 0.6) is 0 Å². The maximum Gasteiger partial charge on any atom is 0.338 e. The smallest absolute Gasteiger partial charge is 0.338 e. The van der Waals surface area contributed by atoms with Crippen molar-refractivity contribution in [2.75, 3.05) is 0 Å². The molecule has 0 saturated heterocycles. The van der Waals surface area contributed by atoms with E-state index >= 15 is 0 Å². The van der Waals surface area contributed by atoms with Crippen LogP contribution in [0.2, 0.25) is 0 Å². The number of fused-ring (bicyclic) bond motifs is 1. The third kappa shape index (κ3) is 2.28. The van der Waals surface area contributed by atoms with Gasteiger partial charge in [0.1, 0.15) is 11.6 Å². The highest BCUT2D eigenvalue weighted by atomic mass is 19.1. The summed E-state index contributed by atoms with van der Waals surface area (Å²) in [5, 5.41) is 9.15. The molecule has 0 aliphatic carbocycles. The fourth-order valence-corrected chi connectivity index (χ4v) is 2.72. The van der Waals surface area contributed by atoms with Crippen LogP contribution in [0.3, 0.4) is 0 Å². The van der Waals surface area contributed by atoms with E-state index in [4.69, 9.17) is 0 Å². The molecule has 1 heterocycles. The van der Waals surface area contributed by atoms with E-state index < -0.39 is 23.2 Å². The number of benzene rings is 2. The summed E-state index contributed by atoms with van der Waals surface area (Å²) in [7, 11) is 0. The minimum atomic E-state index is -1.29. The van der Waals surface area contributed by atoms with Crippen LogP contribution < -0.4 is 5.56 Å². The molecule has 0 aliphatic rings. The lowest BCUT2D eigenvalue weighted by Gasteiger charge is -2.15. The second kappa shape index (κ2) is 5.31. The highest BCUT2D eigenvalue weighted by molar-refractivity contribution is 6.04. The van der Waals surface area contributed by atoms with Crippen molar-refractivity contribution in [3.8, 4) is 5.69 Å². The number of aromatic nitrogens is 1. The molecule has 116 valence electrons. The van der Waals surface area contributed by atoms with Gasteiger partial charge in [0, 0.05) is 11.1 Å². The van der Waals surface area contributed by atoms with Gasteiger partial charge in [-0.3, -0.25) is 9.36 Å². The fraction of sp³-hybridized carbons (Fsp3) is 0.0588. The number of pyridine rings is 1. The zero-order chi connectivity index (χ0) is 16.7. The quantitative estimate of drug-likeness (QED) is 0.789. The SMILES string of the molecule is Cc1c(C(=O)O)c2cccc(F)c2c(=O)n1-c1cccc(F)c1. The molecule has 2 aromatic carbocycles. The van der Waals surface area contributed by atoms with Crippen molar-refractivity contribution >= 4 is 16.7 Å². The van der Waals surface area contributed by atoms with Crippen LogP contribution in [0.1, 0.15) is 16.1 Å². The summed E-state index contributed by atoms with van der Waals surface area (Å²) in [6.45, 7) is 1.43. The normalized spacial score (nSPS) is 10.9. The molecule has 0 saturated carbocycles. The van der Waals surface area contributed by atoms with E-state index in [9.17, 15) is 23.5 Å². The van der Waals surface area contributed by atoms with E-state index in [2.05, 4.69) is 0 Å². The molecule has 0 amide bonds. The number of carbonyl (C=O) groups is 1. The number of nitrogens with zero attached hydrogens (tertiary/aromatic N) is 1. The summed E-state index contributed by atoms with van der Waals surface area (Å²) < 4.78 is 28.6. The Bertz CT molecular complexity index is 1010. The van der Waals surface area contributed by atoms with E-state index in [0.29, 0.717) is 0 Å². The Labute approximate surface area is 129 Å². The largest absolute Gasteiger partial charge is 0.478 e. The molecule has 0 bridgehead atoms. The molecule has 6 heteroatoms. The summed E-state index contributed by atoms with van der Waals surface area (Å²) in [4.78, 5) is 24.3. The molecule has 0 spiro atoms. The number of aromatic carboxylic acids is 1. The maximum atomic E-state index is 14.1. The van der Waals surface area contributed by atoms with Gasteiger partial charge in [0.05, 0.1) is 16.6 Å². The van der Waals surface area contributed by atoms with Crippen molar-refractivity contribution in [3.05, 3.63) is 75.7 Å². The van der Waals surface area contributed by atoms with E-state index in [1.54, 1.807) is 0 Å². The van der Waals surface area contributed by atoms with Gasteiger partial charge in [-0.2, -0.15) is 0 Å². The molecule has 1 aromatic heterocycles. The topological polar surface area (TPSA) is 59.3 Å². The van der Waals surface area contributed by atoms with Gasteiger partial charge in [-0.15, -0.1) is 0 Å². The Morgan fingerprint density at radius 2 is 1.83 bits per heavy atom. The molecule has 0 fully saturated rings. The first-order chi connectivity index (χ1) is 10.9. The standard InChI is InChI=1S/C17H11F2NO3/c1-9-14(17(22)23)12-6-3-7-13(19)15(12)16(21)20(9)11-5-2-4-10(18)8-11/h2-8H,1H3,(H,22,23). The van der Waals surface area contributed by atoms with Crippen LogP contribution in [-0.2, 0) is 0 Å². The minimum Gasteiger partial charge on any atom is -0.478 e. The summed E-state index contributed by atoms with van der Waals surface area (Å²) >= 11 is 0. The molecular weight excluding hydrogens is 304 g/mol. The van der Waals surface area contributed by atoms with Crippen molar-refractivity contribution in [1.29, 1.82) is 0 Å². The minimum absolute atomic E-state index is 0.0210. The second-order valence-corrected chi connectivity index (χ2v) is 5.05. The maximum absolute atomic E-state index is 14.1. The predicted octanol–water partition coefficient (Wildman–Crippen LogP) is 3.28. The first-order valence-corrected chi connectivity index (χ1v) is 6.75. The Morgan fingerprint density at radius 1 is 1.13 bits per heavy atom. The van der Waals surface area contributed by atoms with Crippen LogP contribution in [0.15, 0.2) is 47.3 Å². The van der Waals surface area contributed by atoms with Crippen molar-refractivity contribution in [2.45, 2.75) is 6.92 Å². The lowest BCUT2D eigenvalue weighted by molar-refractivity contribution is 0.0697. The zero-order valence-corrected chi connectivity index (χ0v) is 12.0. The van der Waals surface area contributed by atoms with Gasteiger partial charge >= 0.3 is 5.97 Å². The number of hydrogen-bond acceptors (Lipinski definition) is 2. The van der Waals surface area contributed by atoms with Gasteiger partial charge in [-0.1, -0.05) is 18.2 Å². The summed E-state index contributed by atoms with van der Waals surface area (Å²) in [5.74, 6) is -2.69. The van der Waals surface area contributed by atoms with Crippen molar-refractivity contribution in [3.63, 3.8) is 0 Å². The number of halogens is 2. The van der Waals surface area contributed by atoms with Crippen molar-refractivity contribution in [1.82, 2.24) is 4.57 Å². The molecule has 4 nitrogen and oxygen atoms in total. The summed E-state index contributed by atoms with van der Waals surface area (Å²) in [5.41, 5.74) is -0.680. The van der Waals surface area contributed by atoms with Crippen molar-refractivity contribution < 1.29 is 18.7 Å². The van der Waals surface area contributed by atoms with Gasteiger partial charge in [0.25, 0.3) is 5.56 Å². The van der Waals surface area contributed by atoms with E-state index in [1.165, 1.54) is 37.3 Å². The molecule has 23 heavy (non-hydrogen) atoms. The average molecular weight is 315 g/mol. The van der Waals surface area contributed by atoms with Gasteiger partial charge in [0.15, 0.2) is 0 Å². The molecule has 1 N–H and O–H groups in total. The molecule has 0 unspecified atom stereocenters. The van der Waals surface area contributed by atoms with Crippen LogP contribution in [0.4, 0.5) is 8.78 Å². The van der Waals surface area contributed by atoms with Crippen LogP contribution in [-0.4, -0.2) is 15.6 Å². The third-order valence-electron chi connectivity index (χ3n) is 3.68. The molecular formula is C17H11F2NO3. The Hall–Kier alpha value is -3.02.